The Morgan fingerprint density at radius 3 is 2.28 bits per heavy atom. The van der Waals surface area contributed by atoms with Crippen molar-refractivity contribution in [2.45, 2.75) is 28.5 Å². The van der Waals surface area contributed by atoms with Crippen LogP contribution in [0.1, 0.15) is 24.3 Å². The fourth-order valence-electron chi connectivity index (χ4n) is 6.80. The lowest BCUT2D eigenvalue weighted by atomic mass is 9.56. The van der Waals surface area contributed by atoms with Crippen molar-refractivity contribution < 1.29 is 29.2 Å². The molecule has 1 saturated carbocycles. The number of hydrogen-bond donors (Lipinski definition) is 1. The van der Waals surface area contributed by atoms with E-state index in [0.29, 0.717) is 5.57 Å². The maximum absolute atomic E-state index is 13.9. The second kappa shape index (κ2) is 8.37. The normalized spacial score (nSPS) is 33.6. The van der Waals surface area contributed by atoms with E-state index in [0.717, 1.165) is 9.80 Å². The monoisotopic (exact) mass is 569 g/mol. The molecule has 6 rings (SSSR count). The standard InChI is InChI=1S/C27H21Cl2N3O7/c1-30-24(36)26(28)12-18-15(21(27(26,29)25(30)37)16-4-2-3-5-19(16)33)10-11-17-20(18)23(35)31(22(17)34)13-6-8-14(9-7-13)32(38)39/h2-10,17-18,20-21,33H,11-12H2,1H3/t17-,18+,20-,21+,26+,27-/m0/s1. The minimum absolute atomic E-state index is 0.152. The van der Waals surface area contributed by atoms with Crippen LogP contribution in [-0.4, -0.2) is 55.4 Å². The quantitative estimate of drug-likeness (QED) is 0.196. The van der Waals surface area contributed by atoms with Gasteiger partial charge in [0.2, 0.25) is 11.8 Å². The first kappa shape index (κ1) is 25.5. The van der Waals surface area contributed by atoms with E-state index in [1.165, 1.54) is 37.4 Å². The lowest BCUT2D eigenvalue weighted by molar-refractivity contribution is -0.384. The van der Waals surface area contributed by atoms with E-state index in [1.54, 1.807) is 24.3 Å². The van der Waals surface area contributed by atoms with E-state index in [4.69, 9.17) is 23.2 Å². The number of nitrogens with zero attached hydrogens (tertiary/aromatic N) is 3. The average Bonchev–Trinajstić information content (AvgIpc) is 3.24. The van der Waals surface area contributed by atoms with Gasteiger partial charge in [-0.05, 0) is 37.0 Å². The molecule has 39 heavy (non-hydrogen) atoms. The Hall–Kier alpha value is -3.76. The summed E-state index contributed by atoms with van der Waals surface area (Å²) in [5.74, 6) is -6.03. The second-order valence-electron chi connectivity index (χ2n) is 10.3. The van der Waals surface area contributed by atoms with Crippen molar-refractivity contribution >= 4 is 58.2 Å². The van der Waals surface area contributed by atoms with Gasteiger partial charge in [-0.1, -0.05) is 29.8 Å². The lowest BCUT2D eigenvalue weighted by Crippen LogP contribution is -2.60. The number of halogens is 2. The van der Waals surface area contributed by atoms with Gasteiger partial charge in [0.25, 0.3) is 17.5 Å². The number of rotatable bonds is 3. The first-order valence-corrected chi connectivity index (χ1v) is 13.0. The Morgan fingerprint density at radius 1 is 0.974 bits per heavy atom. The third-order valence-corrected chi connectivity index (χ3v) is 9.99. The van der Waals surface area contributed by atoms with Crippen LogP contribution in [-0.2, 0) is 19.2 Å². The van der Waals surface area contributed by atoms with Crippen LogP contribution >= 0.6 is 23.2 Å². The molecule has 2 heterocycles. The fourth-order valence-corrected chi connectivity index (χ4v) is 7.81. The number of nitro benzene ring substituents is 1. The van der Waals surface area contributed by atoms with Crippen molar-refractivity contribution in [1.29, 1.82) is 0 Å². The fraction of sp³-hybridized carbons (Fsp3) is 0.333. The van der Waals surface area contributed by atoms with Crippen molar-refractivity contribution in [3.8, 4) is 5.75 Å². The molecule has 0 bridgehead atoms. The van der Waals surface area contributed by atoms with E-state index in [2.05, 4.69) is 0 Å². The molecule has 2 aliphatic heterocycles. The largest absolute Gasteiger partial charge is 0.508 e. The van der Waals surface area contributed by atoms with Gasteiger partial charge in [-0.3, -0.25) is 39.1 Å². The van der Waals surface area contributed by atoms with Crippen LogP contribution in [0.2, 0.25) is 0 Å². The van der Waals surface area contributed by atoms with Crippen LogP contribution in [0.4, 0.5) is 11.4 Å². The van der Waals surface area contributed by atoms with Gasteiger partial charge >= 0.3 is 0 Å². The van der Waals surface area contributed by atoms with Gasteiger partial charge in [0, 0.05) is 30.7 Å². The summed E-state index contributed by atoms with van der Waals surface area (Å²) >= 11 is 14.1. The molecule has 200 valence electrons. The Labute approximate surface area is 231 Å². The number of imide groups is 2. The molecule has 1 N–H and O–H groups in total. The Morgan fingerprint density at radius 2 is 1.64 bits per heavy atom. The molecule has 2 aliphatic carbocycles. The third-order valence-electron chi connectivity index (χ3n) is 8.58. The number of nitro groups is 1. The average molecular weight is 570 g/mol. The van der Waals surface area contributed by atoms with E-state index in [1.807, 2.05) is 0 Å². The molecule has 0 aromatic heterocycles. The van der Waals surface area contributed by atoms with Gasteiger partial charge in [0.15, 0.2) is 9.75 Å². The van der Waals surface area contributed by atoms with Gasteiger partial charge < -0.3 is 5.11 Å². The zero-order chi connectivity index (χ0) is 28.0. The Kier molecular flexibility index (Phi) is 5.47. The lowest BCUT2D eigenvalue weighted by Gasteiger charge is -2.50. The van der Waals surface area contributed by atoms with Crippen LogP contribution in [0.3, 0.4) is 0 Å². The highest BCUT2D eigenvalue weighted by Crippen LogP contribution is 2.66. The molecule has 2 aromatic rings. The summed E-state index contributed by atoms with van der Waals surface area (Å²) in [4.78, 5) is 62.8. The number of para-hydroxylation sites is 1. The van der Waals surface area contributed by atoms with E-state index >= 15 is 0 Å². The number of fused-ring (bicyclic) bond motifs is 4. The number of phenolic OH excluding ortho intramolecular Hbond substituents is 1. The number of non-ortho nitro benzene ring substituents is 1. The highest BCUT2D eigenvalue weighted by Gasteiger charge is 2.76. The van der Waals surface area contributed by atoms with Crippen molar-refractivity contribution in [2.75, 3.05) is 11.9 Å². The highest BCUT2D eigenvalue weighted by atomic mass is 35.5. The first-order valence-electron chi connectivity index (χ1n) is 12.2. The molecule has 6 atom stereocenters. The summed E-state index contributed by atoms with van der Waals surface area (Å²) < 4.78 is 0. The third kappa shape index (κ3) is 3.15. The summed E-state index contributed by atoms with van der Waals surface area (Å²) in [6.45, 7) is 0. The minimum Gasteiger partial charge on any atom is -0.508 e. The molecule has 4 aliphatic rings. The van der Waals surface area contributed by atoms with Gasteiger partial charge in [0.05, 0.1) is 22.4 Å². The number of phenols is 1. The van der Waals surface area contributed by atoms with E-state index < -0.39 is 62.0 Å². The van der Waals surface area contributed by atoms with Crippen LogP contribution < -0.4 is 4.90 Å². The van der Waals surface area contributed by atoms with Crippen LogP contribution in [0.15, 0.2) is 60.2 Å². The first-order chi connectivity index (χ1) is 18.4. The molecule has 10 nitrogen and oxygen atoms in total. The van der Waals surface area contributed by atoms with Gasteiger partial charge in [-0.15, -0.1) is 23.2 Å². The molecule has 4 amide bonds. The zero-order valence-corrected chi connectivity index (χ0v) is 21.9. The SMILES string of the molecule is CN1C(=O)[C@]2(Cl)C[C@@H]3C(=CC[C@@H]4C(=O)N(c5ccc([N+](=O)[O-])cc5)C(=O)[C@@H]43)[C@H](c3ccccc3O)[C@]2(Cl)C1=O. The molecular formula is C27H21Cl2N3O7. The smallest absolute Gasteiger partial charge is 0.269 e. The summed E-state index contributed by atoms with van der Waals surface area (Å²) in [5.41, 5.74) is 0.853. The van der Waals surface area contributed by atoms with Crippen molar-refractivity contribution in [2.24, 2.45) is 17.8 Å². The summed E-state index contributed by atoms with van der Waals surface area (Å²) in [5, 5.41) is 21.9. The molecule has 0 unspecified atom stereocenters. The second-order valence-corrected chi connectivity index (χ2v) is 11.6. The van der Waals surface area contributed by atoms with Crippen molar-refractivity contribution in [1.82, 2.24) is 4.90 Å². The minimum atomic E-state index is -1.97. The molecule has 2 saturated heterocycles. The number of allylic oxidation sites excluding steroid dienone is 2. The van der Waals surface area contributed by atoms with E-state index in [9.17, 15) is 34.4 Å². The van der Waals surface area contributed by atoms with Gasteiger partial charge in [-0.25, -0.2) is 0 Å². The topological polar surface area (TPSA) is 138 Å². The van der Waals surface area contributed by atoms with Crippen LogP contribution in [0.25, 0.3) is 0 Å². The Bertz CT molecular complexity index is 1530. The van der Waals surface area contributed by atoms with Crippen molar-refractivity contribution in [3.05, 3.63) is 75.9 Å². The van der Waals surface area contributed by atoms with E-state index in [-0.39, 0.29) is 35.5 Å². The molecule has 2 aromatic carbocycles. The Balaban J connectivity index is 1.49. The summed E-state index contributed by atoms with van der Waals surface area (Å²) in [7, 11) is 1.29. The molecular weight excluding hydrogens is 549 g/mol. The number of carbonyl (C=O) groups is 4. The number of amides is 4. The number of aromatic hydroxyl groups is 1. The summed E-state index contributed by atoms with van der Waals surface area (Å²) in [6, 6.07) is 11.4. The summed E-state index contributed by atoms with van der Waals surface area (Å²) in [6.07, 6.45) is 1.76. The number of hydrogen-bond acceptors (Lipinski definition) is 7. The maximum Gasteiger partial charge on any atom is 0.269 e. The van der Waals surface area contributed by atoms with Crippen LogP contribution in [0, 0.1) is 27.9 Å². The predicted octanol–water partition coefficient (Wildman–Crippen LogP) is 3.49. The number of carbonyl (C=O) groups excluding carboxylic acids is 4. The maximum atomic E-state index is 13.9. The zero-order valence-electron chi connectivity index (χ0n) is 20.4. The van der Waals surface area contributed by atoms with Crippen LogP contribution in [0.5, 0.6) is 5.75 Å². The predicted molar refractivity (Wildman–Crippen MR) is 139 cm³/mol. The molecule has 3 fully saturated rings. The van der Waals surface area contributed by atoms with Gasteiger partial charge in [-0.2, -0.15) is 0 Å². The molecule has 12 heteroatoms. The van der Waals surface area contributed by atoms with Gasteiger partial charge in [0.1, 0.15) is 5.75 Å². The number of alkyl halides is 2. The van der Waals surface area contributed by atoms with Crippen molar-refractivity contribution in [3.63, 3.8) is 0 Å². The highest BCUT2D eigenvalue weighted by molar-refractivity contribution is 6.53. The molecule has 0 radical (unpaired) electrons. The number of anilines is 1. The molecule has 0 spiro atoms. The number of likely N-dealkylation sites (tertiary alicyclic amines) is 1. The number of benzene rings is 2.